The van der Waals surface area contributed by atoms with E-state index in [2.05, 4.69) is 0 Å². The van der Waals surface area contributed by atoms with Crippen LogP contribution >= 0.6 is 23.2 Å². The Bertz CT molecular complexity index is 1210. The number of rotatable bonds is 4. The maximum absolute atomic E-state index is 14.6. The zero-order valence-corrected chi connectivity index (χ0v) is 20.9. The number of nitrogens with zero attached hydrogens (tertiary/aromatic N) is 2. The molecule has 2 N–H and O–H groups in total. The molecule has 2 aromatic carbocycles. The van der Waals surface area contributed by atoms with E-state index in [1.165, 1.54) is 4.90 Å². The second-order valence-corrected chi connectivity index (χ2v) is 11.1. The zero-order valence-electron chi connectivity index (χ0n) is 18.5. The smallest absolute Gasteiger partial charge is 0.410 e. The average molecular weight is 538 g/mol. The second-order valence-electron chi connectivity index (χ2n) is 8.58. The topological polar surface area (TPSA) is 99.2 Å². The summed E-state index contributed by atoms with van der Waals surface area (Å²) in [5, 5.41) is 9.66. The molecule has 1 saturated heterocycles. The molecule has 0 atom stereocenters. The number of phenolic OH excluding ortho intramolecular Hbond substituents is 1. The van der Waals surface area contributed by atoms with Crippen LogP contribution in [0.1, 0.15) is 20.8 Å². The number of carbonyl (C=O) groups excluding carboxylic acids is 1. The van der Waals surface area contributed by atoms with E-state index in [1.807, 2.05) is 4.72 Å². The monoisotopic (exact) mass is 537 g/mol. The first kappa shape index (κ1) is 26.1. The van der Waals surface area contributed by atoms with Crippen LogP contribution in [0.15, 0.2) is 29.2 Å². The van der Waals surface area contributed by atoms with Crippen molar-refractivity contribution in [3.8, 4) is 5.75 Å². The minimum Gasteiger partial charge on any atom is -0.505 e. The van der Waals surface area contributed by atoms with Crippen LogP contribution in [-0.4, -0.2) is 56.3 Å². The molecular weight excluding hydrogens is 515 g/mol. The van der Waals surface area contributed by atoms with E-state index in [9.17, 15) is 27.1 Å². The molecule has 1 heterocycles. The van der Waals surface area contributed by atoms with Gasteiger partial charge in [-0.3, -0.25) is 4.72 Å². The summed E-state index contributed by atoms with van der Waals surface area (Å²) in [5.41, 5.74) is -1.26. The highest BCUT2D eigenvalue weighted by Gasteiger charge is 2.28. The van der Waals surface area contributed by atoms with Crippen LogP contribution < -0.4 is 9.62 Å². The van der Waals surface area contributed by atoms with Crippen molar-refractivity contribution < 1.29 is 31.8 Å². The first-order chi connectivity index (χ1) is 15.7. The van der Waals surface area contributed by atoms with Crippen LogP contribution in [0.4, 0.5) is 25.0 Å². The first-order valence-electron chi connectivity index (χ1n) is 10.1. The van der Waals surface area contributed by atoms with Crippen molar-refractivity contribution in [2.45, 2.75) is 31.3 Å². The normalized spacial score (nSPS) is 14.8. The SMILES string of the molecule is CC(C)(C)OC(=O)N1CCN(c2cc(NS(=O)(=O)c3cc(Cl)cc(Cl)c3O)c(F)cc2F)CC1. The highest BCUT2D eigenvalue weighted by molar-refractivity contribution is 7.92. The molecular formula is C21H23Cl2F2N3O5S. The lowest BCUT2D eigenvalue weighted by Gasteiger charge is -2.37. The Morgan fingerprint density at radius 2 is 1.68 bits per heavy atom. The van der Waals surface area contributed by atoms with E-state index in [0.29, 0.717) is 6.07 Å². The van der Waals surface area contributed by atoms with Crippen LogP contribution in [0.5, 0.6) is 5.75 Å². The molecule has 0 radical (unpaired) electrons. The van der Waals surface area contributed by atoms with Crippen LogP contribution in [-0.2, 0) is 14.8 Å². The Balaban J connectivity index is 1.82. The van der Waals surface area contributed by atoms with Gasteiger partial charge in [-0.05, 0) is 39.0 Å². The number of benzene rings is 2. The Kier molecular flexibility index (Phi) is 7.40. The van der Waals surface area contributed by atoms with Gasteiger partial charge in [0.05, 0.1) is 16.4 Å². The molecule has 0 unspecified atom stereocenters. The largest absolute Gasteiger partial charge is 0.505 e. The summed E-state index contributed by atoms with van der Waals surface area (Å²) in [4.78, 5) is 14.6. The van der Waals surface area contributed by atoms with Crippen molar-refractivity contribution in [2.24, 2.45) is 0 Å². The van der Waals surface area contributed by atoms with Gasteiger partial charge in [0.1, 0.15) is 22.1 Å². The predicted molar refractivity (Wildman–Crippen MR) is 125 cm³/mol. The number of amides is 1. The summed E-state index contributed by atoms with van der Waals surface area (Å²) < 4.78 is 61.9. The summed E-state index contributed by atoms with van der Waals surface area (Å²) in [6.45, 7) is 6.10. The molecule has 0 spiro atoms. The van der Waals surface area contributed by atoms with Crippen molar-refractivity contribution in [1.82, 2.24) is 4.90 Å². The lowest BCUT2D eigenvalue weighted by Crippen LogP contribution is -2.50. The fourth-order valence-corrected chi connectivity index (χ4v) is 5.08. The quantitative estimate of drug-likeness (QED) is 0.579. The summed E-state index contributed by atoms with van der Waals surface area (Å²) in [7, 11) is -4.53. The molecule has 13 heteroatoms. The van der Waals surface area contributed by atoms with Gasteiger partial charge in [0, 0.05) is 37.3 Å². The van der Waals surface area contributed by atoms with Crippen molar-refractivity contribution in [1.29, 1.82) is 0 Å². The lowest BCUT2D eigenvalue weighted by molar-refractivity contribution is 0.0240. The van der Waals surface area contributed by atoms with Crippen LogP contribution in [0.2, 0.25) is 10.0 Å². The van der Waals surface area contributed by atoms with Gasteiger partial charge in [-0.25, -0.2) is 22.0 Å². The maximum atomic E-state index is 14.6. The highest BCUT2D eigenvalue weighted by Crippen LogP contribution is 2.36. The fraction of sp³-hybridized carbons (Fsp3) is 0.381. The zero-order chi connectivity index (χ0) is 25.4. The number of piperazine rings is 1. The van der Waals surface area contributed by atoms with Crippen LogP contribution in [0.25, 0.3) is 0 Å². The number of hydrogen-bond acceptors (Lipinski definition) is 6. The Morgan fingerprint density at radius 1 is 1.06 bits per heavy atom. The number of ether oxygens (including phenoxy) is 1. The third-order valence-electron chi connectivity index (χ3n) is 4.84. The number of sulfonamides is 1. The number of hydrogen-bond donors (Lipinski definition) is 2. The van der Waals surface area contributed by atoms with E-state index >= 15 is 0 Å². The van der Waals surface area contributed by atoms with Gasteiger partial charge in [-0.15, -0.1) is 0 Å². The molecule has 1 aliphatic rings. The van der Waals surface area contributed by atoms with Gasteiger partial charge in [0.2, 0.25) is 0 Å². The third kappa shape index (κ3) is 5.94. The molecule has 8 nitrogen and oxygen atoms in total. The molecule has 0 aromatic heterocycles. The Labute approximate surface area is 206 Å². The number of halogens is 4. The minimum atomic E-state index is -4.53. The number of aromatic hydroxyl groups is 1. The molecule has 1 aliphatic heterocycles. The maximum Gasteiger partial charge on any atom is 0.410 e. The van der Waals surface area contributed by atoms with Gasteiger partial charge >= 0.3 is 6.09 Å². The standard InChI is InChI=1S/C21H23Cl2F2N3O5S/c1-21(2,3)33-20(30)28-6-4-27(5-7-28)17-11-16(14(24)10-15(17)25)26-34(31,32)18-9-12(22)8-13(23)19(18)29/h8-11,26,29H,4-7H2,1-3H3. The van der Waals surface area contributed by atoms with Gasteiger partial charge in [0.15, 0.2) is 5.75 Å². The van der Waals surface area contributed by atoms with E-state index < -0.39 is 49.7 Å². The van der Waals surface area contributed by atoms with Crippen molar-refractivity contribution in [2.75, 3.05) is 35.8 Å². The Morgan fingerprint density at radius 3 is 2.26 bits per heavy atom. The van der Waals surface area contributed by atoms with Crippen LogP contribution in [0, 0.1) is 11.6 Å². The summed E-state index contributed by atoms with van der Waals surface area (Å²) in [5.74, 6) is -2.83. The molecule has 3 rings (SSSR count). The number of anilines is 2. The van der Waals surface area contributed by atoms with Gasteiger partial charge < -0.3 is 19.6 Å². The van der Waals surface area contributed by atoms with Crippen LogP contribution in [0.3, 0.4) is 0 Å². The van der Waals surface area contributed by atoms with Crippen molar-refractivity contribution >= 4 is 50.7 Å². The fourth-order valence-electron chi connectivity index (χ4n) is 3.26. The number of nitrogens with one attached hydrogen (secondary N) is 1. The summed E-state index contributed by atoms with van der Waals surface area (Å²) in [6.07, 6.45) is -0.500. The predicted octanol–water partition coefficient (Wildman–Crippen LogP) is 4.84. The van der Waals surface area contributed by atoms with Gasteiger partial charge in [-0.2, -0.15) is 0 Å². The van der Waals surface area contributed by atoms with Gasteiger partial charge in [0.25, 0.3) is 10.0 Å². The van der Waals surface area contributed by atoms with E-state index in [0.717, 1.165) is 18.2 Å². The first-order valence-corrected chi connectivity index (χ1v) is 12.3. The summed E-state index contributed by atoms with van der Waals surface area (Å²) >= 11 is 11.6. The summed E-state index contributed by atoms with van der Waals surface area (Å²) in [6, 6.07) is 3.65. The second kappa shape index (κ2) is 9.63. The average Bonchev–Trinajstić information content (AvgIpc) is 2.71. The minimum absolute atomic E-state index is 0.0590. The molecule has 0 bridgehead atoms. The highest BCUT2D eigenvalue weighted by atomic mass is 35.5. The molecule has 1 fully saturated rings. The molecule has 34 heavy (non-hydrogen) atoms. The third-order valence-corrected chi connectivity index (χ3v) is 6.72. The number of phenols is 1. The molecule has 186 valence electrons. The van der Waals surface area contributed by atoms with Gasteiger partial charge in [-0.1, -0.05) is 23.2 Å². The molecule has 2 aromatic rings. The molecule has 0 aliphatic carbocycles. The van der Waals surface area contributed by atoms with Crippen molar-refractivity contribution in [3.05, 3.63) is 45.9 Å². The van der Waals surface area contributed by atoms with E-state index in [1.54, 1.807) is 25.7 Å². The molecule has 0 saturated carbocycles. The molecule has 1 amide bonds. The van der Waals surface area contributed by atoms with Crippen molar-refractivity contribution in [3.63, 3.8) is 0 Å². The van der Waals surface area contributed by atoms with E-state index in [-0.39, 0.29) is 41.9 Å². The Hall–Kier alpha value is -2.50. The number of carbonyl (C=O) groups is 1. The lowest BCUT2D eigenvalue weighted by atomic mass is 10.2. The van der Waals surface area contributed by atoms with E-state index in [4.69, 9.17) is 27.9 Å².